The number of amides is 1. The Hall–Kier alpha value is -1.26. The van der Waals surface area contributed by atoms with Gasteiger partial charge in [-0.05, 0) is 43.5 Å². The molecule has 4 nitrogen and oxygen atoms in total. The van der Waals surface area contributed by atoms with Crippen LogP contribution in [0.3, 0.4) is 0 Å². The molecule has 2 unspecified atom stereocenters. The third-order valence-corrected chi connectivity index (χ3v) is 3.84. The summed E-state index contributed by atoms with van der Waals surface area (Å²) >= 11 is 6.01. The molecule has 2 N–H and O–H groups in total. The van der Waals surface area contributed by atoms with Crippen LogP contribution in [-0.2, 0) is 4.74 Å². The molecular formula is C14H19ClN2O2. The molecule has 1 amide bonds. The average molecular weight is 283 g/mol. The van der Waals surface area contributed by atoms with Crippen molar-refractivity contribution in [3.63, 3.8) is 0 Å². The van der Waals surface area contributed by atoms with Crippen LogP contribution in [0.1, 0.15) is 18.9 Å². The number of halogens is 1. The van der Waals surface area contributed by atoms with E-state index >= 15 is 0 Å². The third-order valence-electron chi connectivity index (χ3n) is 3.43. The van der Waals surface area contributed by atoms with E-state index in [1.807, 2.05) is 19.1 Å². The number of rotatable bonds is 2. The van der Waals surface area contributed by atoms with Crippen molar-refractivity contribution >= 4 is 23.4 Å². The second-order valence-electron chi connectivity index (χ2n) is 5.00. The monoisotopic (exact) mass is 282 g/mol. The summed E-state index contributed by atoms with van der Waals surface area (Å²) in [6.45, 7) is 5.71. The maximum atomic E-state index is 11.8. The minimum Gasteiger partial charge on any atom is -0.444 e. The molecule has 1 aromatic carbocycles. The fourth-order valence-corrected chi connectivity index (χ4v) is 2.25. The molecule has 1 heterocycles. The summed E-state index contributed by atoms with van der Waals surface area (Å²) < 4.78 is 5.42. The van der Waals surface area contributed by atoms with Crippen molar-refractivity contribution in [1.29, 1.82) is 0 Å². The number of aryl methyl sites for hydroxylation is 1. The highest BCUT2D eigenvalue weighted by Crippen LogP contribution is 2.21. The van der Waals surface area contributed by atoms with E-state index in [2.05, 4.69) is 17.6 Å². The number of hydrogen-bond donors (Lipinski definition) is 2. The van der Waals surface area contributed by atoms with Crippen molar-refractivity contribution in [2.45, 2.75) is 26.4 Å². The number of ether oxygens (including phenoxy) is 1. The molecule has 1 aliphatic heterocycles. The zero-order valence-electron chi connectivity index (χ0n) is 11.2. The van der Waals surface area contributed by atoms with Gasteiger partial charge in [0.05, 0.1) is 0 Å². The number of hydrogen-bond acceptors (Lipinski definition) is 3. The van der Waals surface area contributed by atoms with Gasteiger partial charge in [0, 0.05) is 17.3 Å². The lowest BCUT2D eigenvalue weighted by Gasteiger charge is -2.29. The van der Waals surface area contributed by atoms with Crippen molar-refractivity contribution in [2.75, 3.05) is 18.4 Å². The van der Waals surface area contributed by atoms with Crippen LogP contribution in [0.5, 0.6) is 0 Å². The van der Waals surface area contributed by atoms with Gasteiger partial charge in [0.15, 0.2) is 0 Å². The number of carbonyl (C=O) groups excluding carboxylic acids is 1. The van der Waals surface area contributed by atoms with Crippen LogP contribution in [-0.4, -0.2) is 25.3 Å². The van der Waals surface area contributed by atoms with Gasteiger partial charge in [0.25, 0.3) is 0 Å². The van der Waals surface area contributed by atoms with Crippen molar-refractivity contribution < 1.29 is 9.53 Å². The lowest BCUT2D eigenvalue weighted by atomic mass is 9.97. The molecule has 2 atom stereocenters. The second-order valence-corrected chi connectivity index (χ2v) is 5.41. The summed E-state index contributed by atoms with van der Waals surface area (Å²) in [5.41, 5.74) is 1.63. The highest BCUT2D eigenvalue weighted by atomic mass is 35.5. The lowest BCUT2D eigenvalue weighted by Crippen LogP contribution is -2.42. The van der Waals surface area contributed by atoms with Crippen LogP contribution in [0.15, 0.2) is 18.2 Å². The van der Waals surface area contributed by atoms with Gasteiger partial charge in [-0.3, -0.25) is 5.32 Å². The number of benzene rings is 1. The molecule has 0 aliphatic carbocycles. The zero-order valence-corrected chi connectivity index (χ0v) is 12.0. The summed E-state index contributed by atoms with van der Waals surface area (Å²) in [5.74, 6) is 0.383. The van der Waals surface area contributed by atoms with Gasteiger partial charge in [-0.15, -0.1) is 0 Å². The SMILES string of the molecule is Cc1ccc(NC(=O)OC2CNCCC2C)cc1Cl. The van der Waals surface area contributed by atoms with Crippen LogP contribution in [0, 0.1) is 12.8 Å². The van der Waals surface area contributed by atoms with Crippen molar-refractivity contribution in [3.05, 3.63) is 28.8 Å². The number of carbonyl (C=O) groups is 1. The Labute approximate surface area is 118 Å². The van der Waals surface area contributed by atoms with Crippen molar-refractivity contribution in [2.24, 2.45) is 5.92 Å². The van der Waals surface area contributed by atoms with Crippen LogP contribution < -0.4 is 10.6 Å². The first kappa shape index (κ1) is 14.2. The Morgan fingerprint density at radius 1 is 1.53 bits per heavy atom. The summed E-state index contributed by atoms with van der Waals surface area (Å²) in [7, 11) is 0. The second kappa shape index (κ2) is 6.26. The molecule has 0 radical (unpaired) electrons. The molecule has 104 valence electrons. The van der Waals surface area contributed by atoms with E-state index in [1.54, 1.807) is 6.07 Å². The fourth-order valence-electron chi connectivity index (χ4n) is 2.07. The predicted molar refractivity (Wildman–Crippen MR) is 76.7 cm³/mol. The Morgan fingerprint density at radius 3 is 3.00 bits per heavy atom. The third kappa shape index (κ3) is 3.85. The van der Waals surface area contributed by atoms with E-state index in [0.717, 1.165) is 18.5 Å². The largest absolute Gasteiger partial charge is 0.444 e. The average Bonchev–Trinajstić information content (AvgIpc) is 2.37. The zero-order chi connectivity index (χ0) is 13.8. The fraction of sp³-hybridized carbons (Fsp3) is 0.500. The quantitative estimate of drug-likeness (QED) is 0.876. The van der Waals surface area contributed by atoms with E-state index in [0.29, 0.717) is 23.2 Å². The number of anilines is 1. The topological polar surface area (TPSA) is 50.4 Å². The normalized spacial score (nSPS) is 22.9. The Bertz CT molecular complexity index is 465. The number of piperidine rings is 1. The Balaban J connectivity index is 1.91. The summed E-state index contributed by atoms with van der Waals surface area (Å²) in [5, 5.41) is 6.56. The summed E-state index contributed by atoms with van der Waals surface area (Å²) in [6, 6.07) is 5.40. The maximum absolute atomic E-state index is 11.8. The first-order chi connectivity index (χ1) is 9.06. The van der Waals surface area contributed by atoms with Gasteiger partial charge in [-0.25, -0.2) is 4.79 Å². The van der Waals surface area contributed by atoms with Crippen molar-refractivity contribution in [1.82, 2.24) is 5.32 Å². The molecule has 1 fully saturated rings. The standard InChI is InChI=1S/C14H19ClN2O2/c1-9-3-4-11(7-12(9)15)17-14(18)19-13-8-16-6-5-10(13)2/h3-4,7,10,13,16H,5-6,8H2,1-2H3,(H,17,18). The Kier molecular flexibility index (Phi) is 4.66. The molecule has 2 rings (SSSR count). The van der Waals surface area contributed by atoms with Gasteiger partial charge < -0.3 is 10.1 Å². The van der Waals surface area contributed by atoms with E-state index in [9.17, 15) is 4.79 Å². The van der Waals surface area contributed by atoms with E-state index in [4.69, 9.17) is 16.3 Å². The summed E-state index contributed by atoms with van der Waals surface area (Å²) in [4.78, 5) is 11.8. The molecule has 5 heteroatoms. The predicted octanol–water partition coefficient (Wildman–Crippen LogP) is 3.19. The minimum absolute atomic E-state index is 0.0744. The molecule has 0 bridgehead atoms. The highest BCUT2D eigenvalue weighted by Gasteiger charge is 2.24. The van der Waals surface area contributed by atoms with E-state index in [1.165, 1.54) is 0 Å². The number of nitrogens with one attached hydrogen (secondary N) is 2. The highest BCUT2D eigenvalue weighted by molar-refractivity contribution is 6.31. The summed E-state index contributed by atoms with van der Waals surface area (Å²) in [6.07, 6.45) is 0.518. The maximum Gasteiger partial charge on any atom is 0.411 e. The molecular weight excluding hydrogens is 264 g/mol. The smallest absolute Gasteiger partial charge is 0.411 e. The van der Waals surface area contributed by atoms with E-state index < -0.39 is 6.09 Å². The van der Waals surface area contributed by atoms with E-state index in [-0.39, 0.29) is 6.10 Å². The van der Waals surface area contributed by atoms with Crippen LogP contribution in [0.2, 0.25) is 5.02 Å². The van der Waals surface area contributed by atoms with Gasteiger partial charge in [0.1, 0.15) is 6.10 Å². The molecule has 1 aromatic rings. The van der Waals surface area contributed by atoms with Gasteiger partial charge in [-0.2, -0.15) is 0 Å². The van der Waals surface area contributed by atoms with Crippen molar-refractivity contribution in [3.8, 4) is 0 Å². The molecule has 1 saturated heterocycles. The lowest BCUT2D eigenvalue weighted by molar-refractivity contribution is 0.0614. The van der Waals surface area contributed by atoms with Crippen LogP contribution >= 0.6 is 11.6 Å². The first-order valence-corrected chi connectivity index (χ1v) is 6.88. The van der Waals surface area contributed by atoms with Gasteiger partial charge in [-0.1, -0.05) is 24.6 Å². The molecule has 0 spiro atoms. The van der Waals surface area contributed by atoms with Crippen LogP contribution in [0.25, 0.3) is 0 Å². The molecule has 0 saturated carbocycles. The van der Waals surface area contributed by atoms with Gasteiger partial charge in [0.2, 0.25) is 0 Å². The van der Waals surface area contributed by atoms with Gasteiger partial charge >= 0.3 is 6.09 Å². The Morgan fingerprint density at radius 2 is 2.32 bits per heavy atom. The molecule has 1 aliphatic rings. The van der Waals surface area contributed by atoms with Crippen LogP contribution in [0.4, 0.5) is 10.5 Å². The first-order valence-electron chi connectivity index (χ1n) is 6.51. The molecule has 0 aromatic heterocycles. The minimum atomic E-state index is -0.430. The molecule has 19 heavy (non-hydrogen) atoms.